The summed E-state index contributed by atoms with van der Waals surface area (Å²) in [6.45, 7) is 9.38. The third-order valence-electron chi connectivity index (χ3n) is 4.12. The van der Waals surface area contributed by atoms with Crippen LogP contribution in [0.1, 0.15) is 79.1 Å². The van der Waals surface area contributed by atoms with Crippen molar-refractivity contribution in [2.45, 2.75) is 79.1 Å². The van der Waals surface area contributed by atoms with Gasteiger partial charge in [-0.1, -0.05) is 66.2 Å². The number of thiol groups is 1. The van der Waals surface area contributed by atoms with E-state index in [-0.39, 0.29) is 0 Å². The maximum atomic E-state index is 12.4. The highest BCUT2D eigenvalue weighted by Gasteiger charge is 2.28. The summed E-state index contributed by atoms with van der Waals surface area (Å²) in [5.41, 5.74) is 0. The fourth-order valence-corrected chi connectivity index (χ4v) is 3.51. The Kier molecular flexibility index (Phi) is 14.1. The minimum Gasteiger partial charge on any atom is -0.286 e. The Balaban J connectivity index is 4.29. The van der Waals surface area contributed by atoms with Crippen LogP contribution in [0.25, 0.3) is 0 Å². The fourth-order valence-electron chi connectivity index (χ4n) is 2.27. The van der Waals surface area contributed by atoms with Crippen molar-refractivity contribution in [1.82, 2.24) is 0 Å². The largest absolute Gasteiger partial charge is 0.485 e. The Morgan fingerprint density at radius 3 is 1.55 bits per heavy atom. The molecule has 0 aliphatic carbocycles. The van der Waals surface area contributed by atoms with Gasteiger partial charge in [-0.2, -0.15) is 0 Å². The van der Waals surface area contributed by atoms with Crippen LogP contribution < -0.4 is 0 Å². The van der Waals surface area contributed by atoms with Crippen molar-refractivity contribution in [3.8, 4) is 0 Å². The predicted molar refractivity (Wildman–Crippen MR) is 96.2 cm³/mol. The van der Waals surface area contributed by atoms with E-state index in [1.165, 1.54) is 0 Å². The van der Waals surface area contributed by atoms with E-state index in [0.29, 0.717) is 25.0 Å². The molecule has 0 aromatic rings. The van der Waals surface area contributed by atoms with Crippen molar-refractivity contribution >= 4 is 20.7 Å². The van der Waals surface area contributed by atoms with Gasteiger partial charge in [0.25, 0.3) is 0 Å². The molecule has 22 heavy (non-hydrogen) atoms. The van der Waals surface area contributed by atoms with Crippen LogP contribution >= 0.6 is 20.7 Å². The number of phosphoric ester groups is 1. The molecule has 0 N–H and O–H groups in total. The van der Waals surface area contributed by atoms with Crippen LogP contribution in [0.4, 0.5) is 0 Å². The summed E-state index contributed by atoms with van der Waals surface area (Å²) < 4.78 is 28.1. The highest BCUT2D eigenvalue weighted by Crippen LogP contribution is 2.51. The van der Waals surface area contributed by atoms with Gasteiger partial charge < -0.3 is 0 Å². The van der Waals surface area contributed by atoms with Crippen LogP contribution in [0, 0.1) is 11.8 Å². The lowest BCUT2D eigenvalue weighted by Crippen LogP contribution is -2.12. The third kappa shape index (κ3) is 10.3. The van der Waals surface area contributed by atoms with Crippen molar-refractivity contribution in [3.63, 3.8) is 0 Å². The Morgan fingerprint density at radius 2 is 1.27 bits per heavy atom. The second kappa shape index (κ2) is 13.9. The molecule has 0 amide bonds. The van der Waals surface area contributed by atoms with Crippen molar-refractivity contribution in [2.75, 3.05) is 13.2 Å². The number of hydrogen-bond donors (Lipinski definition) is 1. The summed E-state index contributed by atoms with van der Waals surface area (Å²) in [7, 11) is -3.53. The average Bonchev–Trinajstić information content (AvgIpc) is 2.55. The molecule has 0 aromatic carbocycles. The van der Waals surface area contributed by atoms with Gasteiger partial charge in [-0.05, 0) is 37.6 Å². The molecule has 0 spiro atoms. The highest BCUT2D eigenvalue weighted by molar-refractivity contribution is 7.80. The quantitative estimate of drug-likeness (QED) is 0.209. The lowest BCUT2D eigenvalue weighted by Gasteiger charge is -2.21. The van der Waals surface area contributed by atoms with E-state index >= 15 is 0 Å². The Labute approximate surface area is 142 Å². The Morgan fingerprint density at radius 1 is 0.864 bits per heavy atom. The molecule has 0 aliphatic rings. The Bertz CT molecular complexity index is 278. The van der Waals surface area contributed by atoms with E-state index in [1.54, 1.807) is 0 Å². The van der Waals surface area contributed by atoms with E-state index in [1.807, 2.05) is 0 Å². The molecule has 134 valence electrons. The van der Waals surface area contributed by atoms with Gasteiger partial charge in [-0.15, -0.1) is 0 Å². The van der Waals surface area contributed by atoms with Crippen LogP contribution in [0.15, 0.2) is 0 Å². The molecular weight excluding hydrogens is 319 g/mol. The third-order valence-corrected chi connectivity index (χ3v) is 5.85. The molecule has 2 unspecified atom stereocenters. The maximum Gasteiger partial charge on any atom is 0.485 e. The van der Waals surface area contributed by atoms with Gasteiger partial charge in [0.05, 0.1) is 13.2 Å². The van der Waals surface area contributed by atoms with Gasteiger partial charge in [-0.25, -0.2) is 8.54 Å². The SMILES string of the molecule is CCCCC(CC)COP(=O)(OS)OCC(CC)CCCC. The summed E-state index contributed by atoms with van der Waals surface area (Å²) >= 11 is 3.69. The second-order valence-corrected chi connectivity index (χ2v) is 8.02. The van der Waals surface area contributed by atoms with Crippen LogP contribution in [0.2, 0.25) is 0 Å². The molecular formula is C16H35O4PS. The van der Waals surface area contributed by atoms with E-state index in [0.717, 1.165) is 51.4 Å². The van der Waals surface area contributed by atoms with Crippen LogP contribution in [0.3, 0.4) is 0 Å². The van der Waals surface area contributed by atoms with E-state index in [9.17, 15) is 4.57 Å². The average molecular weight is 354 g/mol. The standard InChI is InChI=1S/C16H35O4PS/c1-5-9-11-15(7-3)13-18-21(17,20-22)19-14-16(8-4)12-10-6-2/h15-16,22H,5-14H2,1-4H3. The molecule has 6 heteroatoms. The van der Waals surface area contributed by atoms with Gasteiger partial charge >= 0.3 is 7.82 Å². The van der Waals surface area contributed by atoms with Crippen LogP contribution in [-0.2, 0) is 17.6 Å². The van der Waals surface area contributed by atoms with Crippen molar-refractivity contribution < 1.29 is 17.6 Å². The van der Waals surface area contributed by atoms with E-state index in [2.05, 4.69) is 40.6 Å². The Hall–Kier alpha value is 0.460. The summed E-state index contributed by atoms with van der Waals surface area (Å²) in [5.74, 6) is 0.782. The molecule has 2 atom stereocenters. The molecule has 0 aromatic heterocycles. The summed E-state index contributed by atoms with van der Waals surface area (Å²) in [4.78, 5) is 0. The zero-order valence-electron chi connectivity index (χ0n) is 14.8. The molecule has 0 saturated heterocycles. The summed E-state index contributed by atoms with van der Waals surface area (Å²) in [5, 5.41) is 0. The lowest BCUT2D eigenvalue weighted by molar-refractivity contribution is 0.120. The fraction of sp³-hybridized carbons (Fsp3) is 1.00. The monoisotopic (exact) mass is 354 g/mol. The molecule has 0 saturated carbocycles. The normalized spacial score (nSPS) is 17.1. The van der Waals surface area contributed by atoms with Gasteiger partial charge in [-0.3, -0.25) is 9.05 Å². The van der Waals surface area contributed by atoms with Gasteiger partial charge in [0.2, 0.25) is 0 Å². The van der Waals surface area contributed by atoms with Crippen LogP contribution in [0.5, 0.6) is 0 Å². The van der Waals surface area contributed by atoms with Crippen molar-refractivity contribution in [3.05, 3.63) is 0 Å². The maximum absolute atomic E-state index is 12.4. The first kappa shape index (κ1) is 22.5. The second-order valence-electron chi connectivity index (χ2n) is 5.95. The number of rotatable bonds is 15. The summed E-state index contributed by atoms with van der Waals surface area (Å²) in [6.07, 6.45) is 8.78. The van der Waals surface area contributed by atoms with Crippen molar-refractivity contribution in [2.24, 2.45) is 11.8 Å². The van der Waals surface area contributed by atoms with E-state index < -0.39 is 7.82 Å². The zero-order valence-corrected chi connectivity index (χ0v) is 16.5. The molecule has 0 fully saturated rings. The van der Waals surface area contributed by atoms with Gasteiger partial charge in [0, 0.05) is 0 Å². The molecule has 0 heterocycles. The first-order valence-electron chi connectivity index (χ1n) is 8.77. The van der Waals surface area contributed by atoms with Gasteiger partial charge in [0.15, 0.2) is 0 Å². The molecule has 0 bridgehead atoms. The molecule has 0 radical (unpaired) electrons. The number of phosphoric acid groups is 1. The topological polar surface area (TPSA) is 44.8 Å². The van der Waals surface area contributed by atoms with Crippen LogP contribution in [-0.4, -0.2) is 13.2 Å². The van der Waals surface area contributed by atoms with Crippen molar-refractivity contribution in [1.29, 1.82) is 0 Å². The summed E-state index contributed by atoms with van der Waals surface area (Å²) in [6, 6.07) is 0. The first-order valence-corrected chi connectivity index (χ1v) is 10.6. The molecule has 0 aliphatic heterocycles. The minimum absolute atomic E-state index is 0.391. The lowest BCUT2D eigenvalue weighted by atomic mass is 10.0. The van der Waals surface area contributed by atoms with E-state index in [4.69, 9.17) is 13.0 Å². The van der Waals surface area contributed by atoms with Gasteiger partial charge in [0.1, 0.15) is 0 Å². The highest BCUT2D eigenvalue weighted by atomic mass is 32.1. The molecule has 0 rings (SSSR count). The zero-order chi connectivity index (χ0) is 16.8. The number of hydrogen-bond acceptors (Lipinski definition) is 5. The molecule has 4 nitrogen and oxygen atoms in total. The number of unbranched alkanes of at least 4 members (excludes halogenated alkanes) is 2. The predicted octanol–water partition coefficient (Wildman–Crippen LogP) is 6.42. The first-order chi connectivity index (χ1) is 10.5. The smallest absolute Gasteiger partial charge is 0.286 e. The minimum atomic E-state index is -3.53.